The van der Waals surface area contributed by atoms with Crippen LogP contribution < -0.4 is 10.6 Å². The first-order valence-corrected chi connectivity index (χ1v) is 10.4. The molecule has 0 radical (unpaired) electrons. The van der Waals surface area contributed by atoms with Crippen molar-refractivity contribution < 1.29 is 4.42 Å². The van der Waals surface area contributed by atoms with Crippen LogP contribution in [0.5, 0.6) is 0 Å². The lowest BCUT2D eigenvalue weighted by atomic mass is 10.1. The molecular weight excluding hydrogens is 366 g/mol. The summed E-state index contributed by atoms with van der Waals surface area (Å²) in [5, 5.41) is 7.30. The number of hydrogen-bond donors (Lipinski definition) is 0. The second-order valence-electron chi connectivity index (χ2n) is 7.71. The Labute approximate surface area is 174 Å². The van der Waals surface area contributed by atoms with Crippen LogP contribution in [0.1, 0.15) is 13.8 Å². The minimum Gasteiger partial charge on any atom is -0.456 e. The molecule has 0 aliphatic carbocycles. The molecule has 6 aromatic rings. The Bertz CT molecular complexity index is 1660. The fraction of sp³-hybridized carbons (Fsp3) is 0.0714. The zero-order chi connectivity index (χ0) is 20.2. The van der Waals surface area contributed by atoms with Crippen molar-refractivity contribution in [3.63, 3.8) is 0 Å². The molecule has 0 atom stereocenters. The molecule has 0 saturated heterocycles. The van der Waals surface area contributed by atoms with Gasteiger partial charge in [0.1, 0.15) is 11.0 Å². The van der Waals surface area contributed by atoms with Crippen LogP contribution in [0, 0.1) is 0 Å². The Kier molecular flexibility index (Phi) is 3.63. The molecule has 0 saturated carbocycles. The van der Waals surface area contributed by atoms with Gasteiger partial charge in [0.05, 0.1) is 11.0 Å². The van der Waals surface area contributed by atoms with E-state index in [0.29, 0.717) is 0 Å². The van der Waals surface area contributed by atoms with Gasteiger partial charge in [-0.3, -0.25) is 0 Å². The predicted molar refractivity (Wildman–Crippen MR) is 128 cm³/mol. The maximum Gasteiger partial charge on any atom is 0.136 e. The minimum absolute atomic E-state index is 0.933. The summed E-state index contributed by atoms with van der Waals surface area (Å²) < 4.78 is 8.48. The monoisotopic (exact) mass is 387 g/mol. The lowest BCUT2D eigenvalue weighted by Gasteiger charge is -2.09. The van der Waals surface area contributed by atoms with E-state index in [9.17, 15) is 0 Å². The molecule has 2 aromatic heterocycles. The summed E-state index contributed by atoms with van der Waals surface area (Å²) in [7, 11) is 0. The van der Waals surface area contributed by atoms with Gasteiger partial charge >= 0.3 is 0 Å². The maximum absolute atomic E-state index is 6.12. The Hall–Kier alpha value is -3.78. The number of rotatable bonds is 1. The third-order valence-corrected chi connectivity index (χ3v) is 6.09. The highest BCUT2D eigenvalue weighted by atomic mass is 16.3. The van der Waals surface area contributed by atoms with Gasteiger partial charge in [-0.05, 0) is 67.1 Å². The maximum atomic E-state index is 6.12. The summed E-state index contributed by atoms with van der Waals surface area (Å²) >= 11 is 0. The summed E-state index contributed by atoms with van der Waals surface area (Å²) in [5.41, 5.74) is 5.48. The third-order valence-electron chi connectivity index (χ3n) is 6.09. The fourth-order valence-electron chi connectivity index (χ4n) is 4.72. The van der Waals surface area contributed by atoms with Crippen molar-refractivity contribution in [2.75, 3.05) is 0 Å². The summed E-state index contributed by atoms with van der Waals surface area (Å²) in [4.78, 5) is 0. The predicted octanol–water partition coefficient (Wildman–Crippen LogP) is 6.28. The van der Waals surface area contributed by atoms with E-state index < -0.39 is 0 Å². The molecule has 2 heteroatoms. The normalized spacial score (nSPS) is 13.4. The first kappa shape index (κ1) is 17.1. The number of furan rings is 1. The molecule has 144 valence electrons. The fourth-order valence-corrected chi connectivity index (χ4v) is 4.72. The highest BCUT2D eigenvalue weighted by Gasteiger charge is 2.12. The molecule has 0 unspecified atom stereocenters. The number of hydrogen-bond acceptors (Lipinski definition) is 1. The number of benzene rings is 4. The molecule has 6 rings (SSSR count). The van der Waals surface area contributed by atoms with Gasteiger partial charge in [-0.25, -0.2) is 0 Å². The van der Waals surface area contributed by atoms with Crippen LogP contribution >= 0.6 is 0 Å². The first-order chi connectivity index (χ1) is 14.8. The standard InChI is InChI=1S/C28H21NO/c1-3-21-24-16-18-13-14-20(15-19(18)17-28(24)30-27(21)4-2)29-25-11-7-5-9-22(25)23-10-6-8-12-26(23)29/h3-17H,1-2H3/b21-3-,27-4+. The molecule has 0 bridgehead atoms. The molecule has 0 spiro atoms. The molecule has 0 amide bonds. The van der Waals surface area contributed by atoms with Gasteiger partial charge in [0.25, 0.3) is 0 Å². The van der Waals surface area contributed by atoms with Crippen molar-refractivity contribution in [3.05, 3.63) is 89.5 Å². The summed E-state index contributed by atoms with van der Waals surface area (Å²) in [6.45, 7) is 4.08. The van der Waals surface area contributed by atoms with E-state index in [2.05, 4.69) is 96.4 Å². The second-order valence-corrected chi connectivity index (χ2v) is 7.71. The lowest BCUT2D eigenvalue weighted by molar-refractivity contribution is 0.575. The smallest absolute Gasteiger partial charge is 0.136 e. The number of aromatic nitrogens is 1. The van der Waals surface area contributed by atoms with Gasteiger partial charge in [0, 0.05) is 27.1 Å². The number of para-hydroxylation sites is 2. The van der Waals surface area contributed by atoms with Gasteiger partial charge in [-0.2, -0.15) is 0 Å². The quantitative estimate of drug-likeness (QED) is 0.324. The van der Waals surface area contributed by atoms with Crippen LogP contribution in [-0.4, -0.2) is 4.57 Å². The van der Waals surface area contributed by atoms with E-state index in [1.54, 1.807) is 0 Å². The van der Waals surface area contributed by atoms with Gasteiger partial charge in [0.15, 0.2) is 0 Å². The van der Waals surface area contributed by atoms with Crippen molar-refractivity contribution >= 4 is 55.7 Å². The minimum atomic E-state index is 0.933. The molecule has 2 heterocycles. The van der Waals surface area contributed by atoms with E-state index in [-0.39, 0.29) is 0 Å². The average molecular weight is 387 g/mol. The molecule has 30 heavy (non-hydrogen) atoms. The molecular formula is C28H21NO. The zero-order valence-corrected chi connectivity index (χ0v) is 17.0. The number of nitrogens with zero attached hydrogens (tertiary/aromatic N) is 1. The largest absolute Gasteiger partial charge is 0.456 e. The zero-order valence-electron chi connectivity index (χ0n) is 17.0. The van der Waals surface area contributed by atoms with Crippen LogP contribution in [0.4, 0.5) is 0 Å². The van der Waals surface area contributed by atoms with E-state index in [1.165, 1.54) is 43.2 Å². The van der Waals surface area contributed by atoms with Crippen molar-refractivity contribution in [1.82, 2.24) is 4.57 Å². The van der Waals surface area contributed by atoms with Crippen molar-refractivity contribution in [3.8, 4) is 5.69 Å². The lowest BCUT2D eigenvalue weighted by Crippen LogP contribution is -2.18. The average Bonchev–Trinajstić information content (AvgIpc) is 3.31. The van der Waals surface area contributed by atoms with Gasteiger partial charge in [-0.1, -0.05) is 48.5 Å². The van der Waals surface area contributed by atoms with E-state index in [0.717, 1.165) is 16.7 Å². The topological polar surface area (TPSA) is 18.1 Å². The Balaban J connectivity index is 1.69. The van der Waals surface area contributed by atoms with E-state index in [4.69, 9.17) is 4.42 Å². The van der Waals surface area contributed by atoms with E-state index in [1.807, 2.05) is 13.0 Å². The van der Waals surface area contributed by atoms with E-state index >= 15 is 0 Å². The van der Waals surface area contributed by atoms with Crippen molar-refractivity contribution in [2.24, 2.45) is 0 Å². The second kappa shape index (κ2) is 6.36. The highest BCUT2D eigenvalue weighted by Crippen LogP contribution is 2.33. The van der Waals surface area contributed by atoms with Crippen molar-refractivity contribution in [2.45, 2.75) is 13.8 Å². The number of fused-ring (bicyclic) bond motifs is 5. The molecule has 0 aliphatic rings. The van der Waals surface area contributed by atoms with Gasteiger partial charge in [0.2, 0.25) is 0 Å². The molecule has 0 fully saturated rings. The molecule has 2 nitrogen and oxygen atoms in total. The first-order valence-electron chi connectivity index (χ1n) is 10.4. The highest BCUT2D eigenvalue weighted by molar-refractivity contribution is 6.09. The van der Waals surface area contributed by atoms with Crippen LogP contribution in [0.25, 0.3) is 61.4 Å². The molecule has 4 aromatic carbocycles. The Morgan fingerprint density at radius 2 is 1.37 bits per heavy atom. The Morgan fingerprint density at radius 3 is 2.03 bits per heavy atom. The van der Waals surface area contributed by atoms with Crippen LogP contribution in [-0.2, 0) is 0 Å². The van der Waals surface area contributed by atoms with Crippen LogP contribution in [0.3, 0.4) is 0 Å². The third kappa shape index (κ3) is 2.31. The van der Waals surface area contributed by atoms with Gasteiger partial charge < -0.3 is 8.98 Å². The summed E-state index contributed by atoms with van der Waals surface area (Å²) in [5.74, 6) is 0. The van der Waals surface area contributed by atoms with Gasteiger partial charge in [-0.15, -0.1) is 0 Å². The molecule has 0 N–H and O–H groups in total. The van der Waals surface area contributed by atoms with Crippen molar-refractivity contribution in [1.29, 1.82) is 0 Å². The molecule has 0 aliphatic heterocycles. The van der Waals surface area contributed by atoms with Crippen LogP contribution in [0.2, 0.25) is 0 Å². The summed E-state index contributed by atoms with van der Waals surface area (Å²) in [6, 6.07) is 28.3. The Morgan fingerprint density at radius 1 is 0.667 bits per heavy atom. The summed E-state index contributed by atoms with van der Waals surface area (Å²) in [6.07, 6.45) is 4.16. The SMILES string of the molecule is C/C=c1\c(=C/C)oc2cc3cc(-n4c5ccccc5c5ccccc54)ccc3cc12. The van der Waals surface area contributed by atoms with Crippen LogP contribution in [0.15, 0.2) is 83.3 Å².